The molecule has 0 aromatic carbocycles. The largest absolute Gasteiger partial charge is 0.370 e. The molecular weight excluding hydrogens is 298 g/mol. The summed E-state index contributed by atoms with van der Waals surface area (Å²) in [6.45, 7) is 5.62. The summed E-state index contributed by atoms with van der Waals surface area (Å²) in [5, 5.41) is 6.97. The van der Waals surface area contributed by atoms with Gasteiger partial charge in [0.15, 0.2) is 0 Å². The van der Waals surface area contributed by atoms with Gasteiger partial charge in [-0.25, -0.2) is 9.78 Å². The first-order valence-corrected chi connectivity index (χ1v) is 8.21. The molecular formula is C16H19N3O2S. The van der Waals surface area contributed by atoms with E-state index in [-0.39, 0.29) is 12.1 Å². The van der Waals surface area contributed by atoms with Crippen molar-refractivity contribution in [1.82, 2.24) is 9.88 Å². The molecule has 0 aliphatic carbocycles. The number of anilines is 1. The van der Waals surface area contributed by atoms with Crippen LogP contribution in [-0.2, 0) is 4.74 Å². The topological polar surface area (TPSA) is 54.5 Å². The van der Waals surface area contributed by atoms with Crippen LogP contribution in [0.4, 0.5) is 10.6 Å². The summed E-state index contributed by atoms with van der Waals surface area (Å²) < 4.78 is 5.76. The van der Waals surface area contributed by atoms with E-state index >= 15 is 0 Å². The number of hydrogen-bond acceptors (Lipinski definition) is 4. The fourth-order valence-corrected chi connectivity index (χ4v) is 3.29. The molecule has 6 heteroatoms. The number of amides is 2. The van der Waals surface area contributed by atoms with Gasteiger partial charge < -0.3 is 9.64 Å². The average molecular weight is 317 g/mol. The highest BCUT2D eigenvalue weighted by atomic mass is 32.1. The van der Waals surface area contributed by atoms with Crippen LogP contribution < -0.4 is 5.32 Å². The Hall–Kier alpha value is -1.92. The minimum absolute atomic E-state index is 0.0436. The third kappa shape index (κ3) is 3.45. The van der Waals surface area contributed by atoms with Crippen LogP contribution in [0.15, 0.2) is 29.0 Å². The fraction of sp³-hybridized carbons (Fsp3) is 0.375. The van der Waals surface area contributed by atoms with Gasteiger partial charge in [-0.3, -0.25) is 5.32 Å². The molecule has 3 heterocycles. The van der Waals surface area contributed by atoms with Gasteiger partial charge in [-0.1, -0.05) is 0 Å². The standard InChI is InChI=1S/C16H19N3O2S/c1-11-7-12(2)17-15(8-11)18-16(20)19-4-5-21-14(9-19)13-3-6-22-10-13/h3,6-8,10,14H,4-5,9H2,1-2H3,(H,17,18,20)/t14-/m1/s1. The number of hydrogen-bond donors (Lipinski definition) is 1. The monoisotopic (exact) mass is 317 g/mol. The lowest BCUT2D eigenvalue weighted by atomic mass is 10.1. The Bertz CT molecular complexity index is 637. The predicted molar refractivity (Wildman–Crippen MR) is 87.3 cm³/mol. The van der Waals surface area contributed by atoms with Crippen LogP contribution in [0.3, 0.4) is 0 Å². The number of rotatable bonds is 2. The highest BCUT2D eigenvalue weighted by Gasteiger charge is 2.25. The van der Waals surface area contributed by atoms with Crippen molar-refractivity contribution >= 4 is 23.2 Å². The van der Waals surface area contributed by atoms with E-state index in [1.54, 1.807) is 16.2 Å². The second kappa shape index (κ2) is 6.46. The zero-order valence-electron chi connectivity index (χ0n) is 12.7. The molecule has 0 radical (unpaired) electrons. The summed E-state index contributed by atoms with van der Waals surface area (Å²) >= 11 is 1.64. The SMILES string of the molecule is Cc1cc(C)nc(NC(=O)N2CCO[C@@H](c3ccsc3)C2)c1. The second-order valence-electron chi connectivity index (χ2n) is 5.46. The highest BCUT2D eigenvalue weighted by molar-refractivity contribution is 7.07. The molecule has 1 N–H and O–H groups in total. The van der Waals surface area contributed by atoms with Crippen LogP contribution in [0.1, 0.15) is 22.9 Å². The number of thiophene rings is 1. The number of nitrogens with zero attached hydrogens (tertiary/aromatic N) is 2. The van der Waals surface area contributed by atoms with E-state index in [0.717, 1.165) is 16.8 Å². The van der Waals surface area contributed by atoms with Crippen molar-refractivity contribution in [3.05, 3.63) is 45.8 Å². The van der Waals surface area contributed by atoms with E-state index in [4.69, 9.17) is 4.74 Å². The molecule has 3 rings (SSSR count). The van der Waals surface area contributed by atoms with Gasteiger partial charge in [0.2, 0.25) is 0 Å². The van der Waals surface area contributed by atoms with Gasteiger partial charge in [-0.15, -0.1) is 0 Å². The van der Waals surface area contributed by atoms with E-state index < -0.39 is 0 Å². The molecule has 2 aromatic heterocycles. The van der Waals surface area contributed by atoms with E-state index in [9.17, 15) is 4.79 Å². The number of carbonyl (C=O) groups is 1. The summed E-state index contributed by atoms with van der Waals surface area (Å²) in [6.07, 6.45) is -0.0436. The highest BCUT2D eigenvalue weighted by Crippen LogP contribution is 2.24. The smallest absolute Gasteiger partial charge is 0.323 e. The molecule has 116 valence electrons. The summed E-state index contributed by atoms with van der Waals surface area (Å²) in [5.41, 5.74) is 3.11. The van der Waals surface area contributed by atoms with Crippen molar-refractivity contribution in [2.24, 2.45) is 0 Å². The Labute approximate surface area is 133 Å². The summed E-state index contributed by atoms with van der Waals surface area (Å²) in [5.74, 6) is 0.598. The van der Waals surface area contributed by atoms with Crippen LogP contribution >= 0.6 is 11.3 Å². The van der Waals surface area contributed by atoms with Gasteiger partial charge in [0, 0.05) is 12.2 Å². The summed E-state index contributed by atoms with van der Waals surface area (Å²) in [4.78, 5) is 18.6. The normalized spacial score (nSPS) is 18.3. The number of aryl methyl sites for hydroxylation is 2. The number of aromatic nitrogens is 1. The fourth-order valence-electron chi connectivity index (χ4n) is 2.59. The molecule has 5 nitrogen and oxygen atoms in total. The van der Waals surface area contributed by atoms with Gasteiger partial charge in [0.05, 0.1) is 13.2 Å². The quantitative estimate of drug-likeness (QED) is 0.924. The molecule has 2 amide bonds. The molecule has 1 saturated heterocycles. The van der Waals surface area contributed by atoms with Gasteiger partial charge in [0.1, 0.15) is 11.9 Å². The van der Waals surface area contributed by atoms with Crippen LogP contribution in [0.5, 0.6) is 0 Å². The minimum Gasteiger partial charge on any atom is -0.370 e. The van der Waals surface area contributed by atoms with E-state index in [1.807, 2.05) is 37.4 Å². The molecule has 0 spiro atoms. The lowest BCUT2D eigenvalue weighted by Gasteiger charge is -2.32. The first-order chi connectivity index (χ1) is 10.6. The number of carbonyl (C=O) groups excluding carboxylic acids is 1. The third-order valence-electron chi connectivity index (χ3n) is 3.60. The average Bonchev–Trinajstić information content (AvgIpc) is 3.00. The van der Waals surface area contributed by atoms with Crippen molar-refractivity contribution in [3.8, 4) is 0 Å². The number of urea groups is 1. The predicted octanol–water partition coefficient (Wildman–Crippen LogP) is 3.37. The number of morpholine rings is 1. The van der Waals surface area contributed by atoms with Gasteiger partial charge >= 0.3 is 6.03 Å². The molecule has 1 atom stereocenters. The van der Waals surface area contributed by atoms with Crippen molar-refractivity contribution in [2.45, 2.75) is 20.0 Å². The van der Waals surface area contributed by atoms with Gasteiger partial charge in [-0.05, 0) is 53.9 Å². The molecule has 22 heavy (non-hydrogen) atoms. The van der Waals surface area contributed by atoms with Crippen molar-refractivity contribution in [2.75, 3.05) is 25.0 Å². The molecule has 0 saturated carbocycles. The Morgan fingerprint density at radius 1 is 1.45 bits per heavy atom. The number of ether oxygens (including phenoxy) is 1. The Morgan fingerprint density at radius 3 is 3.05 bits per heavy atom. The second-order valence-corrected chi connectivity index (χ2v) is 6.24. The Kier molecular flexibility index (Phi) is 4.40. The van der Waals surface area contributed by atoms with E-state index in [1.165, 1.54) is 0 Å². The zero-order chi connectivity index (χ0) is 15.5. The third-order valence-corrected chi connectivity index (χ3v) is 4.30. The van der Waals surface area contributed by atoms with Crippen LogP contribution in [-0.4, -0.2) is 35.6 Å². The molecule has 1 aliphatic heterocycles. The Morgan fingerprint density at radius 2 is 2.32 bits per heavy atom. The van der Waals surface area contributed by atoms with Crippen molar-refractivity contribution in [3.63, 3.8) is 0 Å². The first kappa shape index (κ1) is 15.0. The van der Waals surface area contributed by atoms with Crippen LogP contribution in [0.2, 0.25) is 0 Å². The maximum atomic E-state index is 12.4. The van der Waals surface area contributed by atoms with E-state index in [0.29, 0.717) is 25.5 Å². The molecule has 0 bridgehead atoms. The van der Waals surface area contributed by atoms with Gasteiger partial charge in [-0.2, -0.15) is 11.3 Å². The maximum Gasteiger partial charge on any atom is 0.323 e. The van der Waals surface area contributed by atoms with Crippen LogP contribution in [0, 0.1) is 13.8 Å². The van der Waals surface area contributed by atoms with Gasteiger partial charge in [0.25, 0.3) is 0 Å². The Balaban J connectivity index is 1.66. The molecule has 1 fully saturated rings. The molecule has 2 aromatic rings. The summed E-state index contributed by atoms with van der Waals surface area (Å²) in [6, 6.07) is 5.78. The van der Waals surface area contributed by atoms with Crippen molar-refractivity contribution in [1.29, 1.82) is 0 Å². The number of nitrogens with one attached hydrogen (secondary N) is 1. The zero-order valence-corrected chi connectivity index (χ0v) is 13.5. The first-order valence-electron chi connectivity index (χ1n) is 7.27. The van der Waals surface area contributed by atoms with E-state index in [2.05, 4.69) is 15.7 Å². The molecule has 1 aliphatic rings. The lowest BCUT2D eigenvalue weighted by Crippen LogP contribution is -2.44. The lowest BCUT2D eigenvalue weighted by molar-refractivity contribution is -0.0133. The van der Waals surface area contributed by atoms with Crippen LogP contribution in [0.25, 0.3) is 0 Å². The maximum absolute atomic E-state index is 12.4. The minimum atomic E-state index is -0.124. The van der Waals surface area contributed by atoms with Crippen molar-refractivity contribution < 1.29 is 9.53 Å². The summed E-state index contributed by atoms with van der Waals surface area (Å²) in [7, 11) is 0. The number of pyridine rings is 1. The molecule has 0 unspecified atom stereocenters.